The lowest BCUT2D eigenvalue weighted by Crippen LogP contribution is -2.46. The van der Waals surface area contributed by atoms with Gasteiger partial charge in [0.1, 0.15) is 0 Å². The summed E-state index contributed by atoms with van der Waals surface area (Å²) in [4.78, 5) is 30.4. The van der Waals surface area contributed by atoms with Crippen LogP contribution >= 0.6 is 0 Å². The Morgan fingerprint density at radius 1 is 1.10 bits per heavy atom. The molecule has 0 atom stereocenters. The van der Waals surface area contributed by atoms with Gasteiger partial charge < -0.3 is 5.73 Å². The van der Waals surface area contributed by atoms with E-state index in [1.165, 1.54) is 10.7 Å². The summed E-state index contributed by atoms with van der Waals surface area (Å²) in [6, 6.07) is -1.10. The van der Waals surface area contributed by atoms with E-state index in [0.717, 1.165) is 0 Å². The van der Waals surface area contributed by atoms with Crippen molar-refractivity contribution in [2.45, 2.75) is 0 Å². The number of carbonyl (C=O) groups is 3. The van der Waals surface area contributed by atoms with Gasteiger partial charge in [-0.15, -0.1) is 0 Å². The highest BCUT2D eigenvalue weighted by atomic mass is 16.2. The minimum atomic E-state index is -1.19. The summed E-state index contributed by atoms with van der Waals surface area (Å²) in [6.45, 7) is 0. The summed E-state index contributed by atoms with van der Waals surface area (Å²) < 4.78 is 0. The van der Waals surface area contributed by atoms with Crippen LogP contribution in [0.15, 0.2) is 0 Å². The molecule has 0 aliphatic carbocycles. The van der Waals surface area contributed by atoms with Crippen LogP contribution in [0, 0.1) is 0 Å². The molecule has 0 aliphatic rings. The van der Waals surface area contributed by atoms with Crippen molar-refractivity contribution >= 4 is 17.8 Å². The first-order chi connectivity index (χ1) is 4.57. The summed E-state index contributed by atoms with van der Waals surface area (Å²) in [7, 11) is 0. The Morgan fingerprint density at radius 3 is 1.90 bits per heavy atom. The number of carbonyl (C=O) groups excluding carboxylic acids is 3. The molecule has 0 spiro atoms. The predicted octanol–water partition coefficient (Wildman–Crippen LogP) is -2.83. The summed E-state index contributed by atoms with van der Waals surface area (Å²) >= 11 is 0. The van der Waals surface area contributed by atoms with Crippen molar-refractivity contribution in [2.75, 3.05) is 0 Å². The number of rotatable bonds is 0. The number of hydrogen-bond acceptors (Lipinski definition) is 4. The molecule has 0 radical (unpaired) electrons. The van der Waals surface area contributed by atoms with Crippen molar-refractivity contribution in [3.05, 3.63) is 0 Å². The van der Waals surface area contributed by atoms with E-state index in [9.17, 15) is 14.4 Å². The number of nitrogens with two attached hydrogens (primary N) is 2. The Balaban J connectivity index is 3.86. The molecule has 0 unspecified atom stereocenters. The van der Waals surface area contributed by atoms with Crippen molar-refractivity contribution in [1.82, 2.24) is 10.7 Å². The third-order valence-corrected chi connectivity index (χ3v) is 0.574. The molecule has 0 bridgehead atoms. The van der Waals surface area contributed by atoms with E-state index in [1.54, 1.807) is 0 Å². The lowest BCUT2D eigenvalue weighted by atomic mass is 10.6. The molecular formula is C3H6N4O3. The molecule has 7 nitrogen and oxygen atoms in total. The number of hydrogen-bond donors (Lipinski definition) is 4. The number of imide groups is 1. The monoisotopic (exact) mass is 146 g/mol. The molecule has 56 valence electrons. The number of urea groups is 1. The minimum Gasteiger partial charge on any atom is -0.351 e. The van der Waals surface area contributed by atoms with E-state index >= 15 is 0 Å². The van der Waals surface area contributed by atoms with Gasteiger partial charge in [0.15, 0.2) is 0 Å². The van der Waals surface area contributed by atoms with Crippen molar-refractivity contribution < 1.29 is 14.4 Å². The van der Waals surface area contributed by atoms with Crippen molar-refractivity contribution in [2.24, 2.45) is 11.6 Å². The van der Waals surface area contributed by atoms with E-state index in [2.05, 4.69) is 11.6 Å². The number of hydrazine groups is 1. The highest BCUT2D eigenvalue weighted by Gasteiger charge is 2.12. The fourth-order valence-electron chi connectivity index (χ4n) is 0.234. The molecule has 0 aliphatic heterocycles. The van der Waals surface area contributed by atoms with E-state index in [0.29, 0.717) is 0 Å². The molecule has 0 rings (SSSR count). The second-order valence-corrected chi connectivity index (χ2v) is 1.29. The summed E-state index contributed by atoms with van der Waals surface area (Å²) in [5, 5.41) is 1.50. The molecule has 0 aromatic rings. The largest absolute Gasteiger partial charge is 0.351 e. The first-order valence-corrected chi connectivity index (χ1v) is 2.19. The van der Waals surface area contributed by atoms with Gasteiger partial charge in [-0.2, -0.15) is 0 Å². The Labute approximate surface area is 55.7 Å². The Bertz CT molecular complexity index is 177. The van der Waals surface area contributed by atoms with Gasteiger partial charge in [0.05, 0.1) is 0 Å². The molecule has 0 aromatic heterocycles. The molecule has 0 saturated carbocycles. The van der Waals surface area contributed by atoms with Crippen LogP contribution in [0.25, 0.3) is 0 Å². The summed E-state index contributed by atoms with van der Waals surface area (Å²) in [5.41, 5.74) is 6.01. The molecule has 7 heteroatoms. The van der Waals surface area contributed by atoms with Crippen molar-refractivity contribution in [3.8, 4) is 0 Å². The van der Waals surface area contributed by atoms with Crippen LogP contribution in [0.3, 0.4) is 0 Å². The van der Waals surface area contributed by atoms with Crippen LogP contribution in [0.2, 0.25) is 0 Å². The van der Waals surface area contributed by atoms with Crippen LogP contribution in [-0.4, -0.2) is 17.8 Å². The quantitative estimate of drug-likeness (QED) is 0.127. The van der Waals surface area contributed by atoms with Gasteiger partial charge in [0, 0.05) is 0 Å². The first-order valence-electron chi connectivity index (χ1n) is 2.19. The zero-order valence-electron chi connectivity index (χ0n) is 4.88. The molecule has 0 heterocycles. The minimum absolute atomic E-state index is 1.10. The second kappa shape index (κ2) is 3.41. The molecule has 0 saturated heterocycles. The second-order valence-electron chi connectivity index (χ2n) is 1.29. The van der Waals surface area contributed by atoms with Crippen molar-refractivity contribution in [3.63, 3.8) is 0 Å². The summed E-state index contributed by atoms with van der Waals surface area (Å²) in [6.07, 6.45) is 0. The predicted molar refractivity (Wildman–Crippen MR) is 30.1 cm³/mol. The Morgan fingerprint density at radius 2 is 1.60 bits per heavy atom. The van der Waals surface area contributed by atoms with Gasteiger partial charge in [-0.1, -0.05) is 0 Å². The molecular weight excluding hydrogens is 140 g/mol. The third kappa shape index (κ3) is 2.62. The Hall–Kier alpha value is -1.63. The smallest absolute Gasteiger partial charge is 0.323 e. The molecule has 6 N–H and O–H groups in total. The van der Waals surface area contributed by atoms with Crippen LogP contribution in [-0.2, 0) is 9.59 Å². The maximum Gasteiger partial charge on any atom is 0.323 e. The zero-order chi connectivity index (χ0) is 8.15. The van der Waals surface area contributed by atoms with E-state index < -0.39 is 17.8 Å². The van der Waals surface area contributed by atoms with Crippen LogP contribution in [0.5, 0.6) is 0 Å². The van der Waals surface area contributed by atoms with Gasteiger partial charge in [0.2, 0.25) is 0 Å². The molecule has 10 heavy (non-hydrogen) atoms. The van der Waals surface area contributed by atoms with Crippen LogP contribution in [0.4, 0.5) is 4.79 Å². The van der Waals surface area contributed by atoms with Gasteiger partial charge in [0.25, 0.3) is 0 Å². The van der Waals surface area contributed by atoms with Crippen LogP contribution < -0.4 is 22.3 Å². The number of amides is 4. The normalized spacial score (nSPS) is 8.10. The number of nitrogens with one attached hydrogen (secondary N) is 2. The van der Waals surface area contributed by atoms with E-state index in [-0.39, 0.29) is 0 Å². The molecule has 0 fully saturated rings. The Kier molecular flexibility index (Phi) is 2.85. The van der Waals surface area contributed by atoms with Crippen molar-refractivity contribution in [1.29, 1.82) is 0 Å². The highest BCUT2D eigenvalue weighted by molar-refractivity contribution is 6.37. The fourth-order valence-corrected chi connectivity index (χ4v) is 0.234. The van der Waals surface area contributed by atoms with Gasteiger partial charge in [-0.05, 0) is 0 Å². The van der Waals surface area contributed by atoms with Crippen LogP contribution in [0.1, 0.15) is 0 Å². The highest BCUT2D eigenvalue weighted by Crippen LogP contribution is 1.63. The SMILES string of the molecule is NNC(=O)C(=O)NC(N)=O. The fraction of sp³-hybridized carbons (Fsp3) is 0. The third-order valence-electron chi connectivity index (χ3n) is 0.574. The molecule has 0 aromatic carbocycles. The average molecular weight is 146 g/mol. The van der Waals surface area contributed by atoms with Gasteiger partial charge in [-0.3, -0.25) is 20.3 Å². The summed E-state index contributed by atoms with van der Waals surface area (Å²) in [5.74, 6) is 2.22. The van der Waals surface area contributed by atoms with E-state index in [4.69, 9.17) is 0 Å². The topological polar surface area (TPSA) is 127 Å². The van der Waals surface area contributed by atoms with E-state index in [1.807, 2.05) is 0 Å². The lowest BCUT2D eigenvalue weighted by molar-refractivity contribution is -0.138. The maximum atomic E-state index is 10.3. The average Bonchev–Trinajstić information content (AvgIpc) is 1.85. The standard InChI is InChI=1S/C3H6N4O3/c4-3(10)6-1(8)2(9)7-5/h5H2,(H,7,9)(H3,4,6,8,10). The molecule has 4 amide bonds. The number of primary amides is 1. The van der Waals surface area contributed by atoms with Gasteiger partial charge in [-0.25, -0.2) is 10.6 Å². The maximum absolute atomic E-state index is 10.3. The zero-order valence-corrected chi connectivity index (χ0v) is 4.88. The van der Waals surface area contributed by atoms with Gasteiger partial charge >= 0.3 is 17.8 Å². The lowest BCUT2D eigenvalue weighted by Gasteiger charge is -1.96. The first kappa shape index (κ1) is 8.37.